The molecule has 1 aliphatic carbocycles. The summed E-state index contributed by atoms with van der Waals surface area (Å²) in [6, 6.07) is 10.6. The summed E-state index contributed by atoms with van der Waals surface area (Å²) in [5, 5.41) is 3.95. The largest absolute Gasteiger partial charge is 0.347 e. The molecule has 0 atom stereocenters. The Balaban J connectivity index is 1.55. The number of halogens is 2. The van der Waals surface area contributed by atoms with Crippen LogP contribution >= 0.6 is 23.2 Å². The molecule has 1 fully saturated rings. The summed E-state index contributed by atoms with van der Waals surface area (Å²) >= 11 is 12.3. The van der Waals surface area contributed by atoms with E-state index < -0.39 is 0 Å². The number of ketones is 1. The Bertz CT molecular complexity index is 1060. The maximum Gasteiger partial charge on any atom is 0.227 e. The Labute approximate surface area is 185 Å². The van der Waals surface area contributed by atoms with Gasteiger partial charge in [0.15, 0.2) is 5.78 Å². The molecule has 0 spiro atoms. The van der Waals surface area contributed by atoms with E-state index in [-0.39, 0.29) is 12.2 Å². The minimum Gasteiger partial charge on any atom is -0.347 e. The fourth-order valence-corrected chi connectivity index (χ4v) is 3.74. The Morgan fingerprint density at radius 1 is 1.10 bits per heavy atom. The van der Waals surface area contributed by atoms with Gasteiger partial charge in [0.25, 0.3) is 0 Å². The van der Waals surface area contributed by atoms with Gasteiger partial charge in [-0.05, 0) is 42.7 Å². The van der Waals surface area contributed by atoms with Gasteiger partial charge in [-0.3, -0.25) is 4.79 Å². The maximum absolute atomic E-state index is 12.7. The van der Waals surface area contributed by atoms with Crippen LogP contribution in [0.1, 0.15) is 40.4 Å². The molecule has 0 amide bonds. The van der Waals surface area contributed by atoms with Gasteiger partial charge in [-0.1, -0.05) is 29.3 Å². The molecule has 2 aromatic heterocycles. The lowest BCUT2D eigenvalue weighted by molar-refractivity contribution is 0.0993. The SMILES string of the molecule is CN(C)c1nc(Nc2cc(CC(=O)c3c(Cl)cccc3Cl)ccn2)cc(C2CC2)n1. The molecule has 0 saturated heterocycles. The first-order valence-electron chi connectivity index (χ1n) is 9.66. The van der Waals surface area contributed by atoms with E-state index in [1.807, 2.05) is 31.1 Å². The zero-order chi connectivity index (χ0) is 21.3. The molecule has 1 N–H and O–H groups in total. The Kier molecular flexibility index (Phi) is 5.88. The molecular weight excluding hydrogens is 421 g/mol. The fraction of sp³-hybridized carbons (Fsp3) is 0.273. The van der Waals surface area contributed by atoms with Gasteiger partial charge < -0.3 is 10.2 Å². The van der Waals surface area contributed by atoms with Crippen molar-refractivity contribution in [1.82, 2.24) is 15.0 Å². The number of anilines is 3. The van der Waals surface area contributed by atoms with E-state index >= 15 is 0 Å². The van der Waals surface area contributed by atoms with E-state index in [2.05, 4.69) is 20.3 Å². The van der Waals surface area contributed by atoms with E-state index in [9.17, 15) is 4.79 Å². The van der Waals surface area contributed by atoms with Gasteiger partial charge in [0, 0.05) is 38.7 Å². The van der Waals surface area contributed by atoms with Crippen molar-refractivity contribution in [3.8, 4) is 0 Å². The molecule has 0 radical (unpaired) electrons. The molecule has 3 aromatic rings. The predicted molar refractivity (Wildman–Crippen MR) is 120 cm³/mol. The third kappa shape index (κ3) is 4.71. The van der Waals surface area contributed by atoms with Crippen LogP contribution in [0.25, 0.3) is 0 Å². The lowest BCUT2D eigenvalue weighted by atomic mass is 10.0. The van der Waals surface area contributed by atoms with Crippen LogP contribution in [0.2, 0.25) is 10.0 Å². The Morgan fingerprint density at radius 3 is 2.50 bits per heavy atom. The highest BCUT2D eigenvalue weighted by Crippen LogP contribution is 2.40. The number of pyridine rings is 1. The van der Waals surface area contributed by atoms with Crippen LogP contribution < -0.4 is 10.2 Å². The first kappa shape index (κ1) is 20.6. The van der Waals surface area contributed by atoms with Crippen LogP contribution in [0, 0.1) is 0 Å². The number of hydrogen-bond donors (Lipinski definition) is 1. The minimum atomic E-state index is -0.143. The van der Waals surface area contributed by atoms with Crippen LogP contribution in [0.4, 0.5) is 17.6 Å². The van der Waals surface area contributed by atoms with Crippen molar-refractivity contribution < 1.29 is 4.79 Å². The maximum atomic E-state index is 12.7. The van der Waals surface area contributed by atoms with Crippen molar-refractivity contribution in [2.75, 3.05) is 24.3 Å². The van der Waals surface area contributed by atoms with E-state index in [0.717, 1.165) is 24.1 Å². The van der Waals surface area contributed by atoms with Crippen molar-refractivity contribution in [2.24, 2.45) is 0 Å². The number of carbonyl (C=O) groups excluding carboxylic acids is 1. The van der Waals surface area contributed by atoms with Crippen LogP contribution in [0.15, 0.2) is 42.6 Å². The first-order chi connectivity index (χ1) is 14.4. The minimum absolute atomic E-state index is 0.143. The van der Waals surface area contributed by atoms with Crippen LogP contribution in [0.3, 0.4) is 0 Å². The standard InChI is InChI=1S/C22H21Cl2N5O/c1-29(2)22-26-17(14-6-7-14)12-20(28-22)27-19-11-13(8-9-25-19)10-18(30)21-15(23)4-3-5-16(21)24/h3-5,8-9,11-12,14H,6-7,10H2,1-2H3,(H,25,26,27,28). The summed E-state index contributed by atoms with van der Waals surface area (Å²) in [5.41, 5.74) is 2.18. The number of aromatic nitrogens is 3. The van der Waals surface area contributed by atoms with Crippen LogP contribution in [-0.2, 0) is 6.42 Å². The highest BCUT2D eigenvalue weighted by atomic mass is 35.5. The number of carbonyl (C=O) groups is 1. The van der Waals surface area contributed by atoms with Gasteiger partial charge in [-0.2, -0.15) is 4.98 Å². The molecule has 2 heterocycles. The average molecular weight is 442 g/mol. The zero-order valence-corrected chi connectivity index (χ0v) is 18.2. The summed E-state index contributed by atoms with van der Waals surface area (Å²) < 4.78 is 0. The number of rotatable bonds is 7. The molecule has 1 aliphatic rings. The molecular formula is C22H21Cl2N5O. The van der Waals surface area contributed by atoms with E-state index in [1.165, 1.54) is 0 Å². The molecule has 0 unspecified atom stereocenters. The molecule has 4 rings (SSSR count). The van der Waals surface area contributed by atoms with Gasteiger partial charge in [0.2, 0.25) is 5.95 Å². The topological polar surface area (TPSA) is 71.0 Å². The molecule has 0 bridgehead atoms. The van der Waals surface area contributed by atoms with Crippen molar-refractivity contribution >= 4 is 46.6 Å². The van der Waals surface area contributed by atoms with Crippen molar-refractivity contribution in [1.29, 1.82) is 0 Å². The van der Waals surface area contributed by atoms with Crippen molar-refractivity contribution in [3.05, 3.63) is 69.5 Å². The second-order valence-corrected chi connectivity index (χ2v) is 8.33. The number of nitrogens with one attached hydrogen (secondary N) is 1. The number of hydrogen-bond acceptors (Lipinski definition) is 6. The Hall–Kier alpha value is -2.70. The predicted octanol–water partition coefficient (Wildman–Crippen LogP) is 5.29. The normalized spacial score (nSPS) is 13.2. The highest BCUT2D eigenvalue weighted by molar-refractivity contribution is 6.39. The molecule has 8 heteroatoms. The molecule has 30 heavy (non-hydrogen) atoms. The smallest absolute Gasteiger partial charge is 0.227 e. The van der Waals surface area contributed by atoms with E-state index in [1.54, 1.807) is 30.5 Å². The number of Topliss-reactive ketones (excluding diaryl/α,β-unsaturated/α-hetero) is 1. The third-order valence-electron chi connectivity index (χ3n) is 4.82. The van der Waals surface area contributed by atoms with Gasteiger partial charge in [0.1, 0.15) is 11.6 Å². The number of benzene rings is 1. The third-order valence-corrected chi connectivity index (χ3v) is 5.45. The van der Waals surface area contributed by atoms with E-state index in [4.69, 9.17) is 23.2 Å². The van der Waals surface area contributed by atoms with Crippen molar-refractivity contribution in [2.45, 2.75) is 25.2 Å². The van der Waals surface area contributed by atoms with Gasteiger partial charge >= 0.3 is 0 Å². The Morgan fingerprint density at radius 2 is 1.83 bits per heavy atom. The summed E-state index contributed by atoms with van der Waals surface area (Å²) in [6.45, 7) is 0. The van der Waals surface area contributed by atoms with E-state index in [0.29, 0.717) is 39.1 Å². The van der Waals surface area contributed by atoms with Crippen LogP contribution in [0.5, 0.6) is 0 Å². The monoisotopic (exact) mass is 441 g/mol. The zero-order valence-electron chi connectivity index (χ0n) is 16.7. The average Bonchev–Trinajstić information content (AvgIpc) is 3.53. The molecule has 6 nitrogen and oxygen atoms in total. The lowest BCUT2D eigenvalue weighted by Crippen LogP contribution is -2.14. The molecule has 154 valence electrons. The van der Waals surface area contributed by atoms with Crippen LogP contribution in [-0.4, -0.2) is 34.8 Å². The first-order valence-corrected chi connectivity index (χ1v) is 10.4. The summed E-state index contributed by atoms with van der Waals surface area (Å²) in [4.78, 5) is 28.2. The van der Waals surface area contributed by atoms with Gasteiger partial charge in [-0.25, -0.2) is 9.97 Å². The number of nitrogens with zero attached hydrogens (tertiary/aromatic N) is 4. The van der Waals surface area contributed by atoms with Crippen molar-refractivity contribution in [3.63, 3.8) is 0 Å². The summed E-state index contributed by atoms with van der Waals surface area (Å²) in [7, 11) is 3.83. The molecule has 1 saturated carbocycles. The second-order valence-electron chi connectivity index (χ2n) is 7.52. The fourth-order valence-electron chi connectivity index (χ4n) is 3.13. The quantitative estimate of drug-likeness (QED) is 0.502. The van der Waals surface area contributed by atoms with Gasteiger partial charge in [-0.15, -0.1) is 0 Å². The molecule has 0 aliphatic heterocycles. The highest BCUT2D eigenvalue weighted by Gasteiger charge is 2.26. The van der Waals surface area contributed by atoms with Gasteiger partial charge in [0.05, 0.1) is 21.3 Å². The second kappa shape index (κ2) is 8.58. The molecule has 1 aromatic carbocycles. The summed E-state index contributed by atoms with van der Waals surface area (Å²) in [5.74, 6) is 2.30. The lowest BCUT2D eigenvalue weighted by Gasteiger charge is -2.14. The summed E-state index contributed by atoms with van der Waals surface area (Å²) in [6.07, 6.45) is 4.14.